The summed E-state index contributed by atoms with van der Waals surface area (Å²) in [6.07, 6.45) is 3.84. The van der Waals surface area contributed by atoms with Gasteiger partial charge in [0.25, 0.3) is 0 Å². The Kier molecular flexibility index (Phi) is 3.67. The molecule has 1 aliphatic rings. The molecule has 6 heteroatoms. The Labute approximate surface area is 156 Å². The second-order valence-electron chi connectivity index (χ2n) is 6.44. The third-order valence-corrected chi connectivity index (χ3v) is 4.48. The summed E-state index contributed by atoms with van der Waals surface area (Å²) in [5.74, 6) is 2.38. The minimum atomic E-state index is 0.560. The van der Waals surface area contributed by atoms with Crippen LogP contribution in [0.25, 0.3) is 17.0 Å². The van der Waals surface area contributed by atoms with E-state index in [1.54, 1.807) is 6.20 Å². The van der Waals surface area contributed by atoms with Crippen molar-refractivity contribution < 1.29 is 9.47 Å². The van der Waals surface area contributed by atoms with Crippen molar-refractivity contribution in [1.29, 1.82) is 0 Å². The predicted molar refractivity (Wildman–Crippen MR) is 104 cm³/mol. The van der Waals surface area contributed by atoms with Gasteiger partial charge in [-0.3, -0.25) is 9.38 Å². The normalized spacial score (nSPS) is 12.9. The average molecular weight is 358 g/mol. The molecule has 0 unspecified atom stereocenters. The van der Waals surface area contributed by atoms with Crippen molar-refractivity contribution in [2.45, 2.75) is 6.92 Å². The maximum absolute atomic E-state index is 5.70. The van der Waals surface area contributed by atoms with Crippen LogP contribution in [-0.2, 0) is 0 Å². The van der Waals surface area contributed by atoms with Crippen LogP contribution < -0.4 is 14.8 Å². The van der Waals surface area contributed by atoms with E-state index in [9.17, 15) is 0 Å². The first-order valence-electron chi connectivity index (χ1n) is 8.85. The summed E-state index contributed by atoms with van der Waals surface area (Å²) < 4.78 is 13.4. The SMILES string of the molecule is Cc1ccc2nc(-c3ccccn3)c(Nc3ccc4c(c3)OCCO4)n2c1. The highest BCUT2D eigenvalue weighted by atomic mass is 16.6. The Morgan fingerprint density at radius 2 is 1.89 bits per heavy atom. The molecule has 4 heterocycles. The van der Waals surface area contributed by atoms with Crippen LogP contribution in [0, 0.1) is 6.92 Å². The molecule has 3 aromatic heterocycles. The first-order chi connectivity index (χ1) is 13.3. The summed E-state index contributed by atoms with van der Waals surface area (Å²) in [5, 5.41) is 3.50. The molecule has 1 N–H and O–H groups in total. The molecule has 1 aliphatic heterocycles. The monoisotopic (exact) mass is 358 g/mol. The van der Waals surface area contributed by atoms with E-state index in [-0.39, 0.29) is 0 Å². The van der Waals surface area contributed by atoms with Crippen molar-refractivity contribution in [2.75, 3.05) is 18.5 Å². The topological polar surface area (TPSA) is 60.7 Å². The first-order valence-corrected chi connectivity index (χ1v) is 8.85. The fraction of sp³-hybridized carbons (Fsp3) is 0.143. The van der Waals surface area contributed by atoms with Gasteiger partial charge in [-0.25, -0.2) is 4.98 Å². The van der Waals surface area contributed by atoms with Crippen LogP contribution in [0.15, 0.2) is 60.9 Å². The van der Waals surface area contributed by atoms with Gasteiger partial charge in [0.1, 0.15) is 30.4 Å². The van der Waals surface area contributed by atoms with Gasteiger partial charge in [0.15, 0.2) is 11.5 Å². The molecule has 5 rings (SSSR count). The van der Waals surface area contributed by atoms with Crippen molar-refractivity contribution in [2.24, 2.45) is 0 Å². The van der Waals surface area contributed by atoms with Gasteiger partial charge in [0.2, 0.25) is 0 Å². The van der Waals surface area contributed by atoms with Crippen LogP contribution in [0.1, 0.15) is 5.56 Å². The smallest absolute Gasteiger partial charge is 0.163 e. The van der Waals surface area contributed by atoms with Gasteiger partial charge in [-0.05, 0) is 42.8 Å². The van der Waals surface area contributed by atoms with Crippen LogP contribution in [0.2, 0.25) is 0 Å². The van der Waals surface area contributed by atoms with Crippen molar-refractivity contribution in [3.8, 4) is 22.9 Å². The lowest BCUT2D eigenvalue weighted by atomic mass is 10.2. The Hall–Kier alpha value is -3.54. The molecule has 0 bridgehead atoms. The quantitative estimate of drug-likeness (QED) is 0.594. The van der Waals surface area contributed by atoms with Crippen LogP contribution in [0.5, 0.6) is 11.5 Å². The van der Waals surface area contributed by atoms with Gasteiger partial charge >= 0.3 is 0 Å². The van der Waals surface area contributed by atoms with Crippen LogP contribution in [0.3, 0.4) is 0 Å². The minimum absolute atomic E-state index is 0.560. The fourth-order valence-corrected chi connectivity index (χ4v) is 3.21. The van der Waals surface area contributed by atoms with Gasteiger partial charge in [-0.15, -0.1) is 0 Å². The molecule has 0 saturated heterocycles. The number of aryl methyl sites for hydroxylation is 1. The Balaban J connectivity index is 1.64. The summed E-state index contributed by atoms with van der Waals surface area (Å²) in [6.45, 7) is 3.20. The van der Waals surface area contributed by atoms with Gasteiger partial charge < -0.3 is 14.8 Å². The number of imidazole rings is 1. The molecule has 0 atom stereocenters. The number of fused-ring (bicyclic) bond motifs is 2. The number of benzene rings is 1. The number of anilines is 2. The lowest BCUT2D eigenvalue weighted by Crippen LogP contribution is -2.15. The number of nitrogens with zero attached hydrogens (tertiary/aromatic N) is 3. The minimum Gasteiger partial charge on any atom is -0.486 e. The summed E-state index contributed by atoms with van der Waals surface area (Å²) in [4.78, 5) is 9.27. The molecule has 0 saturated carbocycles. The lowest BCUT2D eigenvalue weighted by molar-refractivity contribution is 0.171. The molecular formula is C21H18N4O2. The van der Waals surface area contributed by atoms with E-state index in [2.05, 4.69) is 33.9 Å². The Morgan fingerprint density at radius 3 is 2.74 bits per heavy atom. The van der Waals surface area contributed by atoms with Crippen LogP contribution in [0.4, 0.5) is 11.5 Å². The third-order valence-electron chi connectivity index (χ3n) is 4.48. The molecule has 6 nitrogen and oxygen atoms in total. The van der Waals surface area contributed by atoms with E-state index in [1.165, 1.54) is 0 Å². The Bertz CT molecular complexity index is 1120. The van der Waals surface area contributed by atoms with Crippen molar-refractivity contribution in [3.63, 3.8) is 0 Å². The van der Waals surface area contributed by atoms with Crippen LogP contribution >= 0.6 is 0 Å². The standard InChI is InChI=1S/C21H18N4O2/c1-14-5-8-19-24-20(16-4-2-3-9-22-16)21(25(19)13-14)23-15-6-7-17-18(12-15)27-11-10-26-17/h2-9,12-13,23H,10-11H2,1H3. The highest BCUT2D eigenvalue weighted by Crippen LogP contribution is 2.35. The molecule has 4 aromatic rings. The lowest BCUT2D eigenvalue weighted by Gasteiger charge is -2.19. The van der Waals surface area contributed by atoms with E-state index in [0.29, 0.717) is 13.2 Å². The average Bonchev–Trinajstić information content (AvgIpc) is 3.06. The zero-order chi connectivity index (χ0) is 18.2. The van der Waals surface area contributed by atoms with E-state index < -0.39 is 0 Å². The molecule has 1 aromatic carbocycles. The number of rotatable bonds is 3. The van der Waals surface area contributed by atoms with Gasteiger partial charge in [0.05, 0.1) is 5.69 Å². The number of nitrogens with one attached hydrogen (secondary N) is 1. The maximum atomic E-state index is 5.70. The third kappa shape index (κ3) is 2.85. The largest absolute Gasteiger partial charge is 0.486 e. The predicted octanol–water partition coefficient (Wildman–Crippen LogP) is 4.22. The molecular weight excluding hydrogens is 340 g/mol. The van der Waals surface area contributed by atoms with E-state index >= 15 is 0 Å². The molecule has 0 amide bonds. The first kappa shape index (κ1) is 15.7. The molecule has 27 heavy (non-hydrogen) atoms. The number of hydrogen-bond acceptors (Lipinski definition) is 5. The maximum Gasteiger partial charge on any atom is 0.163 e. The van der Waals surface area contributed by atoms with Gasteiger partial charge in [-0.2, -0.15) is 0 Å². The summed E-state index contributed by atoms with van der Waals surface area (Å²) in [6, 6.07) is 15.7. The van der Waals surface area contributed by atoms with Crippen molar-refractivity contribution in [1.82, 2.24) is 14.4 Å². The number of hydrogen-bond donors (Lipinski definition) is 1. The second kappa shape index (κ2) is 6.32. The van der Waals surface area contributed by atoms with Crippen molar-refractivity contribution in [3.05, 3.63) is 66.5 Å². The molecule has 0 spiro atoms. The van der Waals surface area contributed by atoms with Crippen molar-refractivity contribution >= 4 is 17.2 Å². The zero-order valence-corrected chi connectivity index (χ0v) is 14.8. The molecule has 0 radical (unpaired) electrons. The number of ether oxygens (including phenoxy) is 2. The molecule has 134 valence electrons. The van der Waals surface area contributed by atoms with E-state index in [1.807, 2.05) is 42.5 Å². The zero-order valence-electron chi connectivity index (χ0n) is 14.8. The second-order valence-corrected chi connectivity index (χ2v) is 6.44. The fourth-order valence-electron chi connectivity index (χ4n) is 3.21. The molecule has 0 aliphatic carbocycles. The summed E-state index contributed by atoms with van der Waals surface area (Å²) in [5.41, 5.74) is 4.54. The van der Waals surface area contributed by atoms with Crippen LogP contribution in [-0.4, -0.2) is 27.6 Å². The van der Waals surface area contributed by atoms with E-state index in [0.717, 1.165) is 45.6 Å². The van der Waals surface area contributed by atoms with E-state index in [4.69, 9.17) is 14.5 Å². The number of aromatic nitrogens is 3. The highest BCUT2D eigenvalue weighted by molar-refractivity contribution is 5.78. The number of pyridine rings is 2. The van der Waals surface area contributed by atoms with Gasteiger partial charge in [-0.1, -0.05) is 12.1 Å². The van der Waals surface area contributed by atoms with Gasteiger partial charge in [0, 0.05) is 24.1 Å². The summed E-state index contributed by atoms with van der Waals surface area (Å²) >= 11 is 0. The Morgan fingerprint density at radius 1 is 1.00 bits per heavy atom. The summed E-state index contributed by atoms with van der Waals surface area (Å²) in [7, 11) is 0. The highest BCUT2D eigenvalue weighted by Gasteiger charge is 2.17. The molecule has 0 fully saturated rings.